The number of hydrogen-bond donors (Lipinski definition) is 0. The number of fused-ring (bicyclic) bond motifs is 1. The molecule has 0 fully saturated rings. The maximum absolute atomic E-state index is 11.9. The Hall–Kier alpha value is -1.99. The number of carbonyl (C=O) groups excluding carboxylic acids is 1. The van der Waals surface area contributed by atoms with E-state index < -0.39 is 5.97 Å². The molecule has 2 aromatic rings. The van der Waals surface area contributed by atoms with Gasteiger partial charge in [0.2, 0.25) is 0 Å². The van der Waals surface area contributed by atoms with Crippen molar-refractivity contribution in [1.82, 2.24) is 4.57 Å². The van der Waals surface area contributed by atoms with Crippen LogP contribution in [0.5, 0.6) is 0 Å². The second kappa shape index (κ2) is 5.33. The highest BCUT2D eigenvalue weighted by Gasteiger charge is 2.17. The van der Waals surface area contributed by atoms with Crippen molar-refractivity contribution in [2.75, 3.05) is 6.61 Å². The van der Waals surface area contributed by atoms with Crippen LogP contribution in [0.3, 0.4) is 0 Å². The summed E-state index contributed by atoms with van der Waals surface area (Å²) in [5.74, 6) is -0.428. The van der Waals surface area contributed by atoms with E-state index in [0.29, 0.717) is 17.3 Å². The highest BCUT2D eigenvalue weighted by atomic mass is 35.5. The summed E-state index contributed by atoms with van der Waals surface area (Å²) in [4.78, 5) is 11.9. The number of hydrogen-bond acceptors (Lipinski definition) is 3. The van der Waals surface area contributed by atoms with Crippen LogP contribution in [0.15, 0.2) is 18.2 Å². The zero-order chi connectivity index (χ0) is 14.0. The predicted octanol–water partition coefficient (Wildman–Crippen LogP) is 3.30. The Balaban J connectivity index is 2.67. The smallest absolute Gasteiger partial charge is 0.355 e. The number of esters is 1. The highest BCUT2D eigenvalue weighted by molar-refractivity contribution is 6.32. The lowest BCUT2D eigenvalue weighted by Crippen LogP contribution is -2.11. The van der Waals surface area contributed by atoms with Crippen LogP contribution in [-0.4, -0.2) is 17.1 Å². The summed E-state index contributed by atoms with van der Waals surface area (Å²) in [6.45, 7) is 4.02. The fourth-order valence-corrected chi connectivity index (χ4v) is 2.17. The van der Waals surface area contributed by atoms with Crippen molar-refractivity contribution in [2.24, 2.45) is 0 Å². The third-order valence-corrected chi connectivity index (χ3v) is 3.30. The quantitative estimate of drug-likeness (QED) is 0.808. The first-order chi connectivity index (χ1) is 9.08. The first kappa shape index (κ1) is 13.4. The van der Waals surface area contributed by atoms with Crippen LogP contribution < -0.4 is 0 Å². The molecule has 2 rings (SSSR count). The molecule has 0 saturated carbocycles. The van der Waals surface area contributed by atoms with E-state index in [-0.39, 0.29) is 6.54 Å². The van der Waals surface area contributed by atoms with E-state index in [1.54, 1.807) is 23.6 Å². The summed E-state index contributed by atoms with van der Waals surface area (Å²) in [5, 5.41) is 10.4. The van der Waals surface area contributed by atoms with Gasteiger partial charge in [0.25, 0.3) is 0 Å². The lowest BCUT2D eigenvalue weighted by Gasteiger charge is -2.06. The minimum Gasteiger partial charge on any atom is -0.461 e. The molecule has 0 unspecified atom stereocenters. The molecule has 0 spiro atoms. The van der Waals surface area contributed by atoms with Crippen LogP contribution in [0.2, 0.25) is 5.02 Å². The van der Waals surface area contributed by atoms with Crippen LogP contribution in [-0.2, 0) is 11.3 Å². The van der Waals surface area contributed by atoms with Crippen LogP contribution in [0.4, 0.5) is 0 Å². The van der Waals surface area contributed by atoms with Gasteiger partial charge in [0.1, 0.15) is 12.2 Å². The fourth-order valence-electron chi connectivity index (χ4n) is 2.01. The van der Waals surface area contributed by atoms with Gasteiger partial charge in [0.05, 0.1) is 18.2 Å². The summed E-state index contributed by atoms with van der Waals surface area (Å²) in [5.41, 5.74) is 2.07. The van der Waals surface area contributed by atoms with Crippen LogP contribution in [0.1, 0.15) is 23.0 Å². The molecule has 0 N–H and O–H groups in total. The molecular weight excluding hydrogens is 264 g/mol. The van der Waals surface area contributed by atoms with Crippen molar-refractivity contribution in [3.63, 3.8) is 0 Å². The summed E-state index contributed by atoms with van der Waals surface area (Å²) >= 11 is 6.10. The van der Waals surface area contributed by atoms with Crippen molar-refractivity contribution in [2.45, 2.75) is 20.4 Å². The second-order valence-corrected chi connectivity index (χ2v) is 4.56. The number of ether oxygens (including phenoxy) is 1. The third-order valence-electron chi connectivity index (χ3n) is 2.90. The Bertz CT molecular complexity index is 683. The van der Waals surface area contributed by atoms with Crippen molar-refractivity contribution >= 4 is 28.5 Å². The van der Waals surface area contributed by atoms with E-state index in [9.17, 15) is 4.79 Å². The molecular formula is C14H13ClN2O2. The van der Waals surface area contributed by atoms with Gasteiger partial charge in [-0.2, -0.15) is 5.26 Å². The summed E-state index contributed by atoms with van der Waals surface area (Å²) in [6, 6.07) is 7.44. The van der Waals surface area contributed by atoms with E-state index in [2.05, 4.69) is 0 Å². The number of rotatable bonds is 3. The van der Waals surface area contributed by atoms with Crippen molar-refractivity contribution in [3.05, 3.63) is 34.5 Å². The van der Waals surface area contributed by atoms with Gasteiger partial charge in [-0.3, -0.25) is 0 Å². The Morgan fingerprint density at radius 2 is 2.21 bits per heavy atom. The van der Waals surface area contributed by atoms with Gasteiger partial charge in [0.15, 0.2) is 0 Å². The predicted molar refractivity (Wildman–Crippen MR) is 73.3 cm³/mol. The average Bonchev–Trinajstić information content (AvgIpc) is 2.70. The zero-order valence-corrected chi connectivity index (χ0v) is 11.5. The highest BCUT2D eigenvalue weighted by Crippen LogP contribution is 2.27. The second-order valence-electron chi connectivity index (χ2n) is 4.15. The van der Waals surface area contributed by atoms with Crippen molar-refractivity contribution in [1.29, 1.82) is 5.26 Å². The number of nitrogens with zero attached hydrogens (tertiary/aromatic N) is 2. The lowest BCUT2D eigenvalue weighted by molar-refractivity contribution is 0.0515. The van der Waals surface area contributed by atoms with Gasteiger partial charge in [-0.15, -0.1) is 0 Å². The molecule has 19 heavy (non-hydrogen) atoms. The summed E-state index contributed by atoms with van der Waals surface area (Å²) in [7, 11) is 0. The largest absolute Gasteiger partial charge is 0.461 e. The lowest BCUT2D eigenvalue weighted by atomic mass is 10.2. The molecule has 0 bridgehead atoms. The summed E-state index contributed by atoms with van der Waals surface area (Å²) in [6.07, 6.45) is 0. The monoisotopic (exact) mass is 276 g/mol. The minimum atomic E-state index is -0.428. The van der Waals surface area contributed by atoms with Gasteiger partial charge < -0.3 is 9.30 Å². The number of aromatic nitrogens is 1. The van der Waals surface area contributed by atoms with E-state index in [4.69, 9.17) is 21.6 Å². The van der Waals surface area contributed by atoms with E-state index in [1.807, 2.05) is 19.1 Å². The van der Waals surface area contributed by atoms with Gasteiger partial charge in [-0.25, -0.2) is 4.79 Å². The fraction of sp³-hybridized carbons (Fsp3) is 0.286. The molecule has 1 heterocycles. The Morgan fingerprint density at radius 1 is 1.47 bits per heavy atom. The van der Waals surface area contributed by atoms with E-state index >= 15 is 0 Å². The van der Waals surface area contributed by atoms with Gasteiger partial charge in [0, 0.05) is 10.4 Å². The van der Waals surface area contributed by atoms with Gasteiger partial charge >= 0.3 is 5.97 Å². The molecule has 4 nitrogen and oxygen atoms in total. The first-order valence-electron chi connectivity index (χ1n) is 5.92. The zero-order valence-electron chi connectivity index (χ0n) is 10.7. The SMILES string of the molecule is CCOC(=O)c1cc2cc(C)c(Cl)cc2n1CC#N. The number of carbonyl (C=O) groups is 1. The molecule has 0 aliphatic rings. The standard InChI is InChI=1S/C14H13ClN2O2/c1-3-19-14(18)13-7-10-6-9(2)11(15)8-12(10)17(13)5-4-16/h6-8H,3,5H2,1-2H3. The molecule has 0 radical (unpaired) electrons. The number of nitriles is 1. The number of halogens is 1. The van der Waals surface area contributed by atoms with Gasteiger partial charge in [-0.05, 0) is 37.6 Å². The maximum Gasteiger partial charge on any atom is 0.355 e. The van der Waals surface area contributed by atoms with Crippen LogP contribution in [0.25, 0.3) is 10.9 Å². The van der Waals surface area contributed by atoms with E-state index in [1.165, 1.54) is 0 Å². The van der Waals surface area contributed by atoms with Crippen molar-refractivity contribution in [3.8, 4) is 6.07 Å². The molecule has 0 aliphatic heterocycles. The van der Waals surface area contributed by atoms with Gasteiger partial charge in [-0.1, -0.05) is 11.6 Å². The third kappa shape index (κ3) is 2.42. The molecule has 1 aromatic heterocycles. The normalized spacial score (nSPS) is 10.4. The van der Waals surface area contributed by atoms with E-state index in [0.717, 1.165) is 16.5 Å². The van der Waals surface area contributed by atoms with Crippen LogP contribution >= 0.6 is 11.6 Å². The molecule has 0 saturated heterocycles. The molecule has 0 amide bonds. The number of aryl methyl sites for hydroxylation is 1. The number of benzene rings is 1. The Labute approximate surface area is 116 Å². The molecule has 0 atom stereocenters. The maximum atomic E-state index is 11.9. The minimum absolute atomic E-state index is 0.0804. The first-order valence-corrected chi connectivity index (χ1v) is 6.29. The van der Waals surface area contributed by atoms with Crippen LogP contribution in [0, 0.1) is 18.3 Å². The Morgan fingerprint density at radius 3 is 2.84 bits per heavy atom. The topological polar surface area (TPSA) is 55.0 Å². The molecule has 0 aliphatic carbocycles. The average molecular weight is 277 g/mol. The summed E-state index contributed by atoms with van der Waals surface area (Å²) < 4.78 is 6.63. The Kier molecular flexibility index (Phi) is 3.77. The van der Waals surface area contributed by atoms with Crippen molar-refractivity contribution < 1.29 is 9.53 Å². The molecule has 98 valence electrons. The molecule has 5 heteroatoms. The molecule has 1 aromatic carbocycles.